The van der Waals surface area contributed by atoms with Crippen LogP contribution in [0.5, 0.6) is 0 Å². The van der Waals surface area contributed by atoms with Gasteiger partial charge in [0.15, 0.2) is 11.2 Å². The lowest BCUT2D eigenvalue weighted by Crippen LogP contribution is -2.39. The van der Waals surface area contributed by atoms with E-state index in [0.717, 1.165) is 12.2 Å². The quantitative estimate of drug-likeness (QED) is 0.737. The first kappa shape index (κ1) is 16.5. The van der Waals surface area contributed by atoms with E-state index in [2.05, 4.69) is 18.8 Å². The van der Waals surface area contributed by atoms with Gasteiger partial charge in [-0.1, -0.05) is 34.6 Å². The molecule has 0 aromatic carbocycles. The van der Waals surface area contributed by atoms with Gasteiger partial charge in [-0.2, -0.15) is 4.98 Å². The number of rotatable bonds is 3. The number of hydrogen-bond acceptors (Lipinski definition) is 4. The number of hydrogen-bond donors (Lipinski definition) is 0. The van der Waals surface area contributed by atoms with Gasteiger partial charge in [0.1, 0.15) is 5.76 Å². The molecule has 0 unspecified atom stereocenters. The van der Waals surface area contributed by atoms with Gasteiger partial charge in [-0.3, -0.25) is 18.3 Å². The highest BCUT2D eigenvalue weighted by molar-refractivity contribution is 5.74. The fourth-order valence-electron chi connectivity index (χ4n) is 2.68. The van der Waals surface area contributed by atoms with Crippen LogP contribution in [0.25, 0.3) is 17.0 Å². The minimum absolute atomic E-state index is 0.190. The third kappa shape index (κ3) is 2.48. The Kier molecular flexibility index (Phi) is 3.69. The van der Waals surface area contributed by atoms with Crippen LogP contribution in [0, 0.1) is 5.92 Å². The van der Waals surface area contributed by atoms with Crippen molar-refractivity contribution < 1.29 is 4.42 Å². The van der Waals surface area contributed by atoms with Crippen molar-refractivity contribution in [2.75, 3.05) is 0 Å². The molecule has 7 nitrogen and oxygen atoms in total. The Bertz CT molecular complexity index is 1020. The van der Waals surface area contributed by atoms with Crippen molar-refractivity contribution in [2.24, 2.45) is 13.0 Å². The lowest BCUT2D eigenvalue weighted by Gasteiger charge is -2.13. The summed E-state index contributed by atoms with van der Waals surface area (Å²) in [4.78, 5) is 29.7. The Balaban J connectivity index is 2.32. The van der Waals surface area contributed by atoms with Crippen LogP contribution in [0.4, 0.5) is 0 Å². The summed E-state index contributed by atoms with van der Waals surface area (Å²) in [5, 5.41) is 0. The summed E-state index contributed by atoms with van der Waals surface area (Å²) in [7, 11) is 1.63. The molecule has 3 aromatic heterocycles. The highest BCUT2D eigenvalue weighted by Crippen LogP contribution is 2.26. The molecule has 24 heavy (non-hydrogen) atoms. The number of oxazole rings is 1. The molecule has 130 valence electrons. The first-order valence-corrected chi connectivity index (χ1v) is 8.23. The second-order valence-electron chi connectivity index (χ2n) is 7.76. The van der Waals surface area contributed by atoms with E-state index in [4.69, 9.17) is 4.42 Å². The Morgan fingerprint density at radius 2 is 1.92 bits per heavy atom. The topological polar surface area (TPSA) is 74.4 Å². The van der Waals surface area contributed by atoms with E-state index in [9.17, 15) is 9.59 Å². The van der Waals surface area contributed by atoms with Crippen LogP contribution < -0.4 is 11.2 Å². The Labute approximate surface area is 139 Å². The molecule has 0 aliphatic heterocycles. The van der Waals surface area contributed by atoms with Crippen LogP contribution in [0.15, 0.2) is 20.2 Å². The van der Waals surface area contributed by atoms with Crippen molar-refractivity contribution in [3.05, 3.63) is 32.8 Å². The first-order valence-electron chi connectivity index (χ1n) is 8.23. The number of fused-ring (bicyclic) bond motifs is 3. The van der Waals surface area contributed by atoms with E-state index < -0.39 is 0 Å². The first-order chi connectivity index (χ1) is 11.1. The summed E-state index contributed by atoms with van der Waals surface area (Å²) >= 11 is 0. The number of aryl methyl sites for hydroxylation is 1. The molecule has 7 heteroatoms. The minimum atomic E-state index is -0.343. The van der Waals surface area contributed by atoms with Gasteiger partial charge in [-0.05, 0) is 12.3 Å². The molecule has 3 rings (SSSR count). The number of imidazole rings is 1. The van der Waals surface area contributed by atoms with Gasteiger partial charge >= 0.3 is 11.5 Å². The zero-order valence-corrected chi connectivity index (χ0v) is 15.1. The molecule has 0 atom stereocenters. The van der Waals surface area contributed by atoms with E-state index in [-0.39, 0.29) is 16.7 Å². The Morgan fingerprint density at radius 1 is 1.25 bits per heavy atom. The van der Waals surface area contributed by atoms with Crippen LogP contribution in [0.1, 0.15) is 46.8 Å². The standard InChI is InChI=1S/C17H24N4O3/c1-10(2)7-8-20-14(22)12-13(19(6)16(20)23)18-15-21(12)9-11(24-15)17(3,4)5/h9-10H,7-8H2,1-6H3. The van der Waals surface area contributed by atoms with Crippen molar-refractivity contribution in [3.8, 4) is 0 Å². The maximum absolute atomic E-state index is 12.9. The SMILES string of the molecule is CC(C)CCn1c(=O)c2c(nc3oc(C(C)(C)C)cn32)n(C)c1=O. The summed E-state index contributed by atoms with van der Waals surface area (Å²) in [6, 6.07) is 0. The van der Waals surface area contributed by atoms with Gasteiger partial charge in [0.05, 0.1) is 6.20 Å². The molecule has 0 saturated heterocycles. The van der Waals surface area contributed by atoms with Gasteiger partial charge in [0.2, 0.25) is 0 Å². The van der Waals surface area contributed by atoms with Crippen LogP contribution in [-0.4, -0.2) is 18.5 Å². The highest BCUT2D eigenvalue weighted by atomic mass is 16.4. The number of aromatic nitrogens is 4. The molecule has 0 aliphatic rings. The van der Waals surface area contributed by atoms with E-state index in [1.807, 2.05) is 20.8 Å². The predicted octanol–water partition coefficient (Wildman–Crippen LogP) is 2.28. The molecule has 0 aliphatic carbocycles. The van der Waals surface area contributed by atoms with Crippen molar-refractivity contribution in [1.82, 2.24) is 18.5 Å². The average molecular weight is 332 g/mol. The molecular weight excluding hydrogens is 308 g/mol. The lowest BCUT2D eigenvalue weighted by molar-refractivity contribution is 0.425. The smallest absolute Gasteiger partial charge is 0.332 e. The van der Waals surface area contributed by atoms with E-state index >= 15 is 0 Å². The average Bonchev–Trinajstić information content (AvgIpc) is 3.01. The molecule has 3 heterocycles. The van der Waals surface area contributed by atoms with E-state index in [0.29, 0.717) is 29.5 Å². The molecule has 0 bridgehead atoms. The fourth-order valence-corrected chi connectivity index (χ4v) is 2.68. The van der Waals surface area contributed by atoms with Crippen molar-refractivity contribution in [1.29, 1.82) is 0 Å². The highest BCUT2D eigenvalue weighted by Gasteiger charge is 2.24. The Hall–Kier alpha value is -2.31. The van der Waals surface area contributed by atoms with E-state index in [1.165, 1.54) is 9.13 Å². The second kappa shape index (κ2) is 5.36. The number of nitrogens with zero attached hydrogens (tertiary/aromatic N) is 4. The maximum atomic E-state index is 12.9. The molecule has 0 saturated carbocycles. The minimum Gasteiger partial charge on any atom is -0.428 e. The summed E-state index contributed by atoms with van der Waals surface area (Å²) < 4.78 is 10.2. The molecule has 0 amide bonds. The summed E-state index contributed by atoms with van der Waals surface area (Å²) in [6.45, 7) is 10.6. The fraction of sp³-hybridized carbons (Fsp3) is 0.588. The summed E-state index contributed by atoms with van der Waals surface area (Å²) in [6.07, 6.45) is 2.56. The van der Waals surface area contributed by atoms with Gasteiger partial charge < -0.3 is 4.42 Å². The molecule has 3 aromatic rings. The monoisotopic (exact) mass is 332 g/mol. The molecular formula is C17H24N4O3. The van der Waals surface area contributed by atoms with Gasteiger partial charge in [-0.25, -0.2) is 4.79 Å². The lowest BCUT2D eigenvalue weighted by atomic mass is 9.94. The van der Waals surface area contributed by atoms with Crippen LogP contribution in [-0.2, 0) is 19.0 Å². The third-order valence-electron chi connectivity index (χ3n) is 4.26. The molecule has 0 fully saturated rings. The molecule has 0 spiro atoms. The predicted molar refractivity (Wildman–Crippen MR) is 92.6 cm³/mol. The van der Waals surface area contributed by atoms with Crippen LogP contribution >= 0.6 is 0 Å². The molecule has 0 radical (unpaired) electrons. The Morgan fingerprint density at radius 3 is 2.50 bits per heavy atom. The van der Waals surface area contributed by atoms with Gasteiger partial charge in [-0.15, -0.1) is 0 Å². The van der Waals surface area contributed by atoms with Crippen LogP contribution in [0.2, 0.25) is 0 Å². The maximum Gasteiger partial charge on any atom is 0.332 e. The largest absolute Gasteiger partial charge is 0.428 e. The van der Waals surface area contributed by atoms with Crippen molar-refractivity contribution in [2.45, 2.75) is 53.0 Å². The summed E-state index contributed by atoms with van der Waals surface area (Å²) in [5.41, 5.74) is -0.114. The molecule has 0 N–H and O–H groups in total. The van der Waals surface area contributed by atoms with Crippen molar-refractivity contribution >= 4 is 17.0 Å². The van der Waals surface area contributed by atoms with Crippen LogP contribution in [0.3, 0.4) is 0 Å². The summed E-state index contributed by atoms with van der Waals surface area (Å²) in [5.74, 6) is 1.49. The van der Waals surface area contributed by atoms with E-state index in [1.54, 1.807) is 17.6 Å². The van der Waals surface area contributed by atoms with Gasteiger partial charge in [0.25, 0.3) is 5.56 Å². The van der Waals surface area contributed by atoms with Gasteiger partial charge in [0, 0.05) is 19.0 Å². The third-order valence-corrected chi connectivity index (χ3v) is 4.26. The zero-order chi connectivity index (χ0) is 17.8. The van der Waals surface area contributed by atoms with Crippen molar-refractivity contribution in [3.63, 3.8) is 0 Å². The zero-order valence-electron chi connectivity index (χ0n) is 15.1. The normalized spacial score (nSPS) is 12.8. The second-order valence-corrected chi connectivity index (χ2v) is 7.76.